The summed E-state index contributed by atoms with van der Waals surface area (Å²) in [6.07, 6.45) is 0. The number of methoxy groups -OCH3 is 1. The first kappa shape index (κ1) is 18.3. The predicted octanol–water partition coefficient (Wildman–Crippen LogP) is 4.18. The van der Waals surface area contributed by atoms with Crippen LogP contribution in [-0.4, -0.2) is 27.8 Å². The minimum atomic E-state index is -0.319. The lowest BCUT2D eigenvalue weighted by atomic mass is 10.1. The van der Waals surface area contributed by atoms with E-state index in [1.165, 1.54) is 0 Å². The largest absolute Gasteiger partial charge is 0.497 e. The number of nitrogens with one attached hydrogen (secondary N) is 2. The summed E-state index contributed by atoms with van der Waals surface area (Å²) >= 11 is 0. The van der Waals surface area contributed by atoms with Gasteiger partial charge < -0.3 is 14.6 Å². The van der Waals surface area contributed by atoms with Gasteiger partial charge in [0.1, 0.15) is 5.75 Å². The first-order valence-corrected chi connectivity index (χ1v) is 9.17. The van der Waals surface area contributed by atoms with Crippen LogP contribution in [0.2, 0.25) is 0 Å². The summed E-state index contributed by atoms with van der Waals surface area (Å²) in [6.45, 7) is 2.84. The summed E-state index contributed by atoms with van der Waals surface area (Å²) in [5, 5.41) is 20.1. The molecule has 7 nitrogen and oxygen atoms in total. The number of H-pyrrole nitrogens is 1. The van der Waals surface area contributed by atoms with E-state index in [1.807, 2.05) is 24.3 Å². The molecule has 7 heteroatoms. The van der Waals surface area contributed by atoms with Gasteiger partial charge in [0.05, 0.1) is 35.6 Å². The molecule has 2 aromatic carbocycles. The molecule has 1 amide bonds. The molecule has 4 aromatic rings. The van der Waals surface area contributed by atoms with Crippen molar-refractivity contribution in [2.45, 2.75) is 13.5 Å². The highest BCUT2D eigenvalue weighted by atomic mass is 16.5. The molecule has 0 aliphatic heterocycles. The smallest absolute Gasteiger partial charge is 0.256 e. The summed E-state index contributed by atoms with van der Waals surface area (Å²) in [5.41, 5.74) is 3.67. The molecule has 0 saturated carbocycles. The van der Waals surface area contributed by atoms with E-state index in [0.29, 0.717) is 16.9 Å². The van der Waals surface area contributed by atoms with Gasteiger partial charge in [-0.2, -0.15) is 10.4 Å². The second-order valence-corrected chi connectivity index (χ2v) is 6.51. The summed E-state index contributed by atoms with van der Waals surface area (Å²) in [4.78, 5) is 12.5. The third kappa shape index (κ3) is 3.44. The van der Waals surface area contributed by atoms with Gasteiger partial charge in [-0.05, 0) is 43.3 Å². The van der Waals surface area contributed by atoms with E-state index < -0.39 is 0 Å². The highest BCUT2D eigenvalue weighted by molar-refractivity contribution is 6.04. The molecule has 0 unspecified atom stereocenters. The maximum Gasteiger partial charge on any atom is 0.256 e. The van der Waals surface area contributed by atoms with Gasteiger partial charge in [0.25, 0.3) is 5.91 Å². The Morgan fingerprint density at radius 2 is 2.10 bits per heavy atom. The second kappa shape index (κ2) is 7.52. The van der Waals surface area contributed by atoms with Crippen molar-refractivity contribution in [3.63, 3.8) is 0 Å². The van der Waals surface area contributed by atoms with Crippen molar-refractivity contribution in [1.29, 1.82) is 5.26 Å². The monoisotopic (exact) mass is 385 g/mol. The van der Waals surface area contributed by atoms with Gasteiger partial charge >= 0.3 is 0 Å². The number of ether oxygens (including phenoxy) is 1. The molecular formula is C22H19N5O2. The zero-order valence-electron chi connectivity index (χ0n) is 16.1. The zero-order valence-corrected chi connectivity index (χ0v) is 16.1. The van der Waals surface area contributed by atoms with Crippen molar-refractivity contribution in [3.8, 4) is 23.2 Å². The molecule has 2 N–H and O–H groups in total. The quantitative estimate of drug-likeness (QED) is 0.539. The number of aromatic amines is 1. The Bertz CT molecular complexity index is 1250. The molecule has 4 rings (SSSR count). The number of amides is 1. The molecule has 0 bridgehead atoms. The van der Waals surface area contributed by atoms with Crippen molar-refractivity contribution >= 4 is 22.6 Å². The van der Waals surface area contributed by atoms with Gasteiger partial charge in [0, 0.05) is 29.6 Å². The van der Waals surface area contributed by atoms with Crippen molar-refractivity contribution in [2.24, 2.45) is 0 Å². The molecule has 0 spiro atoms. The number of fused-ring (bicyclic) bond motifs is 1. The van der Waals surface area contributed by atoms with E-state index >= 15 is 0 Å². The molecular weight excluding hydrogens is 366 g/mol. The molecule has 0 saturated heterocycles. The first-order valence-electron chi connectivity index (χ1n) is 9.17. The number of benzene rings is 2. The summed E-state index contributed by atoms with van der Waals surface area (Å²) < 4.78 is 7.50. The molecule has 2 heterocycles. The number of carbonyl (C=O) groups excluding carboxylic acids is 1. The maximum atomic E-state index is 12.5. The molecule has 2 aromatic heterocycles. The fourth-order valence-electron chi connectivity index (χ4n) is 3.36. The molecule has 0 atom stereocenters. The number of nitriles is 1. The van der Waals surface area contributed by atoms with Crippen LogP contribution in [0.4, 0.5) is 5.82 Å². The van der Waals surface area contributed by atoms with Crippen LogP contribution in [0.15, 0.2) is 54.6 Å². The van der Waals surface area contributed by atoms with Crippen LogP contribution >= 0.6 is 0 Å². The van der Waals surface area contributed by atoms with E-state index in [2.05, 4.69) is 33.1 Å². The Balaban J connectivity index is 1.64. The number of hydrogen-bond donors (Lipinski definition) is 2. The number of aromatic nitrogens is 3. The third-order valence-electron chi connectivity index (χ3n) is 4.78. The fraction of sp³-hybridized carbons (Fsp3) is 0.136. The van der Waals surface area contributed by atoms with Gasteiger partial charge in [-0.15, -0.1) is 0 Å². The molecule has 0 radical (unpaired) electrons. The van der Waals surface area contributed by atoms with Crippen LogP contribution in [0.3, 0.4) is 0 Å². The summed E-state index contributed by atoms with van der Waals surface area (Å²) in [7, 11) is 1.65. The first-order chi connectivity index (χ1) is 14.1. The predicted molar refractivity (Wildman–Crippen MR) is 111 cm³/mol. The van der Waals surface area contributed by atoms with E-state index in [1.54, 1.807) is 37.4 Å². The number of anilines is 1. The lowest BCUT2D eigenvalue weighted by Gasteiger charge is -2.07. The molecule has 0 aliphatic carbocycles. The van der Waals surface area contributed by atoms with E-state index in [-0.39, 0.29) is 5.91 Å². The van der Waals surface area contributed by atoms with Crippen LogP contribution in [0.5, 0.6) is 5.75 Å². The van der Waals surface area contributed by atoms with Gasteiger partial charge in [0.15, 0.2) is 5.82 Å². The Morgan fingerprint density at radius 1 is 1.24 bits per heavy atom. The minimum Gasteiger partial charge on any atom is -0.497 e. The van der Waals surface area contributed by atoms with Crippen LogP contribution in [-0.2, 0) is 6.54 Å². The molecule has 144 valence electrons. The van der Waals surface area contributed by atoms with Gasteiger partial charge in [0.2, 0.25) is 0 Å². The Kier molecular flexibility index (Phi) is 4.75. The normalized spacial score (nSPS) is 10.7. The van der Waals surface area contributed by atoms with Crippen LogP contribution in [0.25, 0.3) is 22.3 Å². The molecule has 0 aliphatic rings. The highest BCUT2D eigenvalue weighted by Gasteiger charge is 2.14. The van der Waals surface area contributed by atoms with Crippen LogP contribution in [0.1, 0.15) is 22.8 Å². The SMILES string of the molecule is CCn1c(-c2cc(NC(=O)c3cccc(C#N)c3)n[nH]2)cc2ccc(OC)cc21. The maximum absolute atomic E-state index is 12.5. The Labute approximate surface area is 167 Å². The van der Waals surface area contributed by atoms with Gasteiger partial charge in [-0.3, -0.25) is 9.89 Å². The van der Waals surface area contributed by atoms with Crippen molar-refractivity contribution < 1.29 is 9.53 Å². The summed E-state index contributed by atoms with van der Waals surface area (Å²) in [5.74, 6) is 0.896. The molecule has 29 heavy (non-hydrogen) atoms. The van der Waals surface area contributed by atoms with Gasteiger partial charge in [-0.25, -0.2) is 0 Å². The Hall–Kier alpha value is -4.05. The zero-order chi connectivity index (χ0) is 20.4. The number of carbonyl (C=O) groups is 1. The average molecular weight is 385 g/mol. The fourth-order valence-corrected chi connectivity index (χ4v) is 3.36. The number of rotatable bonds is 5. The second-order valence-electron chi connectivity index (χ2n) is 6.51. The van der Waals surface area contributed by atoms with Crippen LogP contribution in [0, 0.1) is 11.3 Å². The molecule has 0 fully saturated rings. The topological polar surface area (TPSA) is 95.7 Å². The van der Waals surface area contributed by atoms with Crippen molar-refractivity contribution in [2.75, 3.05) is 12.4 Å². The average Bonchev–Trinajstić information content (AvgIpc) is 3.37. The Morgan fingerprint density at radius 3 is 2.86 bits per heavy atom. The summed E-state index contributed by atoms with van der Waals surface area (Å²) in [6, 6.07) is 18.4. The van der Waals surface area contributed by atoms with E-state index in [4.69, 9.17) is 10.00 Å². The minimum absolute atomic E-state index is 0.319. The number of hydrogen-bond acceptors (Lipinski definition) is 4. The number of aryl methyl sites for hydroxylation is 1. The van der Waals surface area contributed by atoms with E-state index in [0.717, 1.165) is 34.6 Å². The van der Waals surface area contributed by atoms with Gasteiger partial charge in [-0.1, -0.05) is 6.07 Å². The standard InChI is InChI=1S/C22H19N5O2/c1-3-27-19-11-17(29-2)8-7-15(19)10-20(27)18-12-21(26-25-18)24-22(28)16-6-4-5-14(9-16)13-23/h4-12H,3H2,1-2H3,(H2,24,25,26,28). The highest BCUT2D eigenvalue weighted by Crippen LogP contribution is 2.30. The van der Waals surface area contributed by atoms with Crippen molar-refractivity contribution in [3.05, 3.63) is 65.7 Å². The van der Waals surface area contributed by atoms with E-state index in [9.17, 15) is 4.79 Å². The number of nitrogens with zero attached hydrogens (tertiary/aromatic N) is 3. The van der Waals surface area contributed by atoms with Crippen molar-refractivity contribution in [1.82, 2.24) is 14.8 Å². The lowest BCUT2D eigenvalue weighted by molar-refractivity contribution is 0.102. The lowest BCUT2D eigenvalue weighted by Crippen LogP contribution is -2.12. The van der Waals surface area contributed by atoms with Crippen LogP contribution < -0.4 is 10.1 Å². The third-order valence-corrected chi connectivity index (χ3v) is 4.78.